The van der Waals surface area contributed by atoms with E-state index in [1.165, 1.54) is 0 Å². The van der Waals surface area contributed by atoms with Crippen LogP contribution in [0.4, 0.5) is 0 Å². The van der Waals surface area contributed by atoms with Gasteiger partial charge in [-0.15, -0.1) is 0 Å². The molecule has 0 aromatic heterocycles. The molecule has 6 heteroatoms. The minimum absolute atomic E-state index is 0.118. The lowest BCUT2D eigenvalue weighted by Crippen LogP contribution is -2.40. The molecule has 5 nitrogen and oxygen atoms in total. The Hall–Kier alpha value is -2.05. The molecule has 1 aliphatic heterocycles. The Bertz CT molecular complexity index is 783. The second-order valence-corrected chi connectivity index (χ2v) is 14.6. The third-order valence-corrected chi connectivity index (χ3v) is 9.58. The molecule has 160 valence electrons. The van der Waals surface area contributed by atoms with Crippen LogP contribution in [0.1, 0.15) is 47.1 Å². The monoisotopic (exact) mass is 417 g/mol. The lowest BCUT2D eigenvalue weighted by molar-refractivity contribution is -0.122. The molecule has 1 N–H and O–H groups in total. The summed E-state index contributed by atoms with van der Waals surface area (Å²) in [4.78, 5) is 12.6. The molecule has 1 aromatic rings. The number of carbonyl (C=O) groups is 1. The fourth-order valence-corrected chi connectivity index (χ4v) is 3.36. The fraction of sp³-hybridized carbons (Fsp3) is 0.522. The van der Waals surface area contributed by atoms with Gasteiger partial charge in [0.05, 0.1) is 12.3 Å². The normalized spacial score (nSPS) is 17.0. The second-order valence-electron chi connectivity index (χ2n) is 9.79. The largest absolute Gasteiger partial charge is 0.483 e. The summed E-state index contributed by atoms with van der Waals surface area (Å²) in [6.07, 6.45) is 1.87. The maximum atomic E-state index is 12.6. The molecular weight excluding hydrogens is 382 g/mol. The highest BCUT2D eigenvalue weighted by molar-refractivity contribution is 6.74. The minimum atomic E-state index is -1.89. The fourth-order valence-electron chi connectivity index (χ4n) is 2.43. The zero-order valence-corrected chi connectivity index (χ0v) is 20.0. The molecule has 1 aliphatic rings. The van der Waals surface area contributed by atoms with Crippen LogP contribution in [0.5, 0.6) is 0 Å². The molecule has 1 amide bonds. The first-order chi connectivity index (χ1) is 13.3. The van der Waals surface area contributed by atoms with Gasteiger partial charge in [0, 0.05) is 0 Å². The zero-order chi connectivity index (χ0) is 21.9. The summed E-state index contributed by atoms with van der Waals surface area (Å²) in [5, 5.41) is 2.99. The standard InChI is InChI=1S/C23H35NO4Si/c1-22(2,3)28-20-19(26-16-17-12-10-9-11-13-17)18(24-21(20)25)14-15-27-29(7,8)23(4,5)6/h9-14H,15-16H2,1-8H3,(H,24,25)/b18-14-. The predicted octanol–water partition coefficient (Wildman–Crippen LogP) is 5.27. The van der Waals surface area contributed by atoms with Crippen LogP contribution >= 0.6 is 0 Å². The van der Waals surface area contributed by atoms with Crippen LogP contribution in [0, 0.1) is 0 Å². The molecule has 29 heavy (non-hydrogen) atoms. The Morgan fingerprint density at radius 1 is 1.00 bits per heavy atom. The number of carbonyl (C=O) groups excluding carboxylic acids is 1. The van der Waals surface area contributed by atoms with Gasteiger partial charge in [-0.25, -0.2) is 0 Å². The van der Waals surface area contributed by atoms with Crippen molar-refractivity contribution in [3.63, 3.8) is 0 Å². The molecule has 0 spiro atoms. The Labute approximate surface area is 176 Å². The van der Waals surface area contributed by atoms with E-state index in [-0.39, 0.29) is 16.7 Å². The van der Waals surface area contributed by atoms with Crippen LogP contribution < -0.4 is 5.32 Å². The van der Waals surface area contributed by atoms with E-state index >= 15 is 0 Å². The summed E-state index contributed by atoms with van der Waals surface area (Å²) in [7, 11) is -1.89. The average Bonchev–Trinajstić information content (AvgIpc) is 2.86. The highest BCUT2D eigenvalue weighted by Crippen LogP contribution is 2.36. The Morgan fingerprint density at radius 3 is 2.17 bits per heavy atom. The molecule has 0 saturated carbocycles. The number of amides is 1. The summed E-state index contributed by atoms with van der Waals surface area (Å²) >= 11 is 0. The van der Waals surface area contributed by atoms with E-state index in [0.717, 1.165) is 5.56 Å². The summed E-state index contributed by atoms with van der Waals surface area (Å²) in [5.41, 5.74) is 1.11. The van der Waals surface area contributed by atoms with Crippen LogP contribution in [0.25, 0.3) is 0 Å². The van der Waals surface area contributed by atoms with Crippen LogP contribution in [-0.2, 0) is 25.3 Å². The van der Waals surface area contributed by atoms with E-state index in [0.29, 0.717) is 24.7 Å². The molecule has 0 bridgehead atoms. The number of nitrogens with one attached hydrogen (secondary N) is 1. The second kappa shape index (κ2) is 8.75. The van der Waals surface area contributed by atoms with Crippen molar-refractivity contribution in [2.45, 2.75) is 71.9 Å². The Morgan fingerprint density at radius 2 is 1.62 bits per heavy atom. The maximum absolute atomic E-state index is 12.6. The van der Waals surface area contributed by atoms with E-state index in [1.807, 2.05) is 57.2 Å². The van der Waals surface area contributed by atoms with Gasteiger partial charge in [-0.3, -0.25) is 4.79 Å². The summed E-state index contributed by atoms with van der Waals surface area (Å²) in [5.74, 6) is 0.362. The Kier molecular flexibility index (Phi) is 7.01. The van der Waals surface area contributed by atoms with Gasteiger partial charge in [-0.1, -0.05) is 51.1 Å². The van der Waals surface area contributed by atoms with Crippen LogP contribution in [0.3, 0.4) is 0 Å². The molecule has 0 unspecified atom stereocenters. The van der Waals surface area contributed by atoms with Crippen molar-refractivity contribution in [3.05, 3.63) is 59.2 Å². The van der Waals surface area contributed by atoms with E-state index < -0.39 is 13.9 Å². The van der Waals surface area contributed by atoms with Crippen molar-refractivity contribution in [2.75, 3.05) is 6.61 Å². The smallest absolute Gasteiger partial charge is 0.294 e. The van der Waals surface area contributed by atoms with E-state index in [1.54, 1.807) is 0 Å². The summed E-state index contributed by atoms with van der Waals surface area (Å²) < 4.78 is 18.2. The number of ether oxygens (including phenoxy) is 2. The maximum Gasteiger partial charge on any atom is 0.294 e. The molecule has 1 aromatic carbocycles. The van der Waals surface area contributed by atoms with E-state index in [4.69, 9.17) is 13.9 Å². The molecule has 0 fully saturated rings. The first-order valence-corrected chi connectivity index (χ1v) is 13.0. The van der Waals surface area contributed by atoms with Crippen molar-refractivity contribution in [3.8, 4) is 0 Å². The van der Waals surface area contributed by atoms with Crippen LogP contribution in [0.15, 0.2) is 53.6 Å². The van der Waals surface area contributed by atoms with E-state index in [2.05, 4.69) is 39.2 Å². The van der Waals surface area contributed by atoms with Gasteiger partial charge in [0.15, 0.2) is 14.1 Å². The Balaban J connectivity index is 2.23. The molecule has 2 rings (SSSR count). The highest BCUT2D eigenvalue weighted by Gasteiger charge is 2.37. The summed E-state index contributed by atoms with van der Waals surface area (Å²) in [6.45, 7) is 17.5. The highest BCUT2D eigenvalue weighted by atomic mass is 28.4. The zero-order valence-electron chi connectivity index (χ0n) is 19.0. The number of hydrogen-bond donors (Lipinski definition) is 1. The molecule has 0 atom stereocenters. The lowest BCUT2D eigenvalue weighted by Gasteiger charge is -2.35. The van der Waals surface area contributed by atoms with Crippen molar-refractivity contribution in [1.29, 1.82) is 0 Å². The third-order valence-electron chi connectivity index (χ3n) is 5.08. The SMILES string of the molecule is CC(C)(C)OC1=C(OCc2ccccc2)/C(=C/CO[Si](C)(C)C(C)(C)C)NC1=O. The lowest BCUT2D eigenvalue weighted by atomic mass is 10.2. The van der Waals surface area contributed by atoms with E-state index in [9.17, 15) is 4.79 Å². The first kappa shape index (κ1) is 23.2. The van der Waals surface area contributed by atoms with Crippen molar-refractivity contribution >= 4 is 14.2 Å². The minimum Gasteiger partial charge on any atom is -0.483 e. The number of hydrogen-bond acceptors (Lipinski definition) is 4. The predicted molar refractivity (Wildman–Crippen MR) is 118 cm³/mol. The van der Waals surface area contributed by atoms with Crippen molar-refractivity contribution in [1.82, 2.24) is 5.32 Å². The van der Waals surface area contributed by atoms with Gasteiger partial charge < -0.3 is 19.2 Å². The molecule has 1 heterocycles. The molecular formula is C23H35NO4Si. The number of rotatable bonds is 7. The van der Waals surface area contributed by atoms with Gasteiger partial charge in [-0.2, -0.15) is 0 Å². The third kappa shape index (κ3) is 6.47. The number of benzene rings is 1. The van der Waals surface area contributed by atoms with Crippen molar-refractivity contribution in [2.24, 2.45) is 0 Å². The van der Waals surface area contributed by atoms with Crippen LogP contribution in [-0.4, -0.2) is 26.4 Å². The van der Waals surface area contributed by atoms with Crippen LogP contribution in [0.2, 0.25) is 18.1 Å². The quantitative estimate of drug-likeness (QED) is 0.614. The van der Waals surface area contributed by atoms with Gasteiger partial charge in [0.25, 0.3) is 5.91 Å². The summed E-state index contributed by atoms with van der Waals surface area (Å²) in [6, 6.07) is 9.85. The average molecular weight is 418 g/mol. The molecule has 0 aliphatic carbocycles. The topological polar surface area (TPSA) is 56.8 Å². The molecule has 0 radical (unpaired) electrons. The first-order valence-electron chi connectivity index (χ1n) is 10.1. The van der Waals surface area contributed by atoms with Gasteiger partial charge in [0.1, 0.15) is 12.2 Å². The van der Waals surface area contributed by atoms with Gasteiger partial charge in [-0.05, 0) is 50.5 Å². The van der Waals surface area contributed by atoms with Gasteiger partial charge >= 0.3 is 0 Å². The van der Waals surface area contributed by atoms with Gasteiger partial charge in [0.2, 0.25) is 5.76 Å². The molecule has 0 saturated heterocycles. The van der Waals surface area contributed by atoms with Crippen molar-refractivity contribution < 1.29 is 18.7 Å².